The van der Waals surface area contributed by atoms with E-state index in [-0.39, 0.29) is 18.3 Å². The third-order valence-corrected chi connectivity index (χ3v) is 5.02. The summed E-state index contributed by atoms with van der Waals surface area (Å²) in [5.74, 6) is 0.103. The van der Waals surface area contributed by atoms with Gasteiger partial charge < -0.3 is 14.7 Å². The predicted octanol–water partition coefficient (Wildman–Crippen LogP) is 3.07. The number of rotatable bonds is 6. The van der Waals surface area contributed by atoms with Crippen molar-refractivity contribution >= 4 is 17.5 Å². The van der Waals surface area contributed by atoms with Crippen molar-refractivity contribution in [1.29, 1.82) is 0 Å². The maximum absolute atomic E-state index is 13.1. The van der Waals surface area contributed by atoms with Gasteiger partial charge in [-0.3, -0.25) is 9.69 Å². The highest BCUT2D eigenvalue weighted by atomic mass is 35.5. The molecule has 5 nitrogen and oxygen atoms in total. The predicted molar refractivity (Wildman–Crippen MR) is 106 cm³/mol. The number of carbonyl (C=O) groups excluding carboxylic acids is 1. The fourth-order valence-electron chi connectivity index (χ4n) is 3.23. The van der Waals surface area contributed by atoms with Crippen LogP contribution < -0.4 is 4.74 Å². The van der Waals surface area contributed by atoms with E-state index in [2.05, 4.69) is 4.90 Å². The van der Waals surface area contributed by atoms with Gasteiger partial charge in [0.05, 0.1) is 5.02 Å². The van der Waals surface area contributed by atoms with Crippen molar-refractivity contribution in [3.8, 4) is 5.75 Å². The quantitative estimate of drug-likeness (QED) is 0.801. The smallest absolute Gasteiger partial charge is 0.253 e. The molecule has 1 atom stereocenters. The van der Waals surface area contributed by atoms with Gasteiger partial charge in [0.15, 0.2) is 0 Å². The Hall–Kier alpha value is -2.15. The van der Waals surface area contributed by atoms with Crippen molar-refractivity contribution < 1.29 is 19.0 Å². The Morgan fingerprint density at radius 1 is 1.11 bits per heavy atom. The number of aliphatic hydroxyl groups is 1. The Morgan fingerprint density at radius 2 is 1.86 bits per heavy atom. The lowest BCUT2D eigenvalue weighted by Crippen LogP contribution is -2.39. The van der Waals surface area contributed by atoms with Gasteiger partial charge in [-0.2, -0.15) is 0 Å². The van der Waals surface area contributed by atoms with E-state index in [4.69, 9.17) is 16.3 Å². The molecule has 1 aliphatic rings. The summed E-state index contributed by atoms with van der Waals surface area (Å²) in [5, 5.41) is 10.8. The summed E-state index contributed by atoms with van der Waals surface area (Å²) >= 11 is 6.05. The largest absolute Gasteiger partial charge is 0.489 e. The maximum Gasteiger partial charge on any atom is 0.253 e. The number of ether oxygens (including phenoxy) is 1. The molecule has 2 aromatic carbocycles. The summed E-state index contributed by atoms with van der Waals surface area (Å²) in [5.41, 5.74) is 0.489. The van der Waals surface area contributed by atoms with E-state index in [1.165, 1.54) is 24.3 Å². The maximum atomic E-state index is 13.1. The number of carbonyl (C=O) groups is 1. The van der Waals surface area contributed by atoms with Crippen molar-refractivity contribution in [3.05, 3.63) is 64.9 Å². The van der Waals surface area contributed by atoms with Crippen molar-refractivity contribution in [2.45, 2.75) is 12.5 Å². The zero-order valence-corrected chi connectivity index (χ0v) is 16.3. The monoisotopic (exact) mass is 406 g/mol. The molecule has 1 unspecified atom stereocenters. The first-order valence-corrected chi connectivity index (χ1v) is 9.73. The van der Waals surface area contributed by atoms with Crippen LogP contribution in [-0.2, 0) is 0 Å². The zero-order valence-electron chi connectivity index (χ0n) is 15.6. The first-order valence-electron chi connectivity index (χ1n) is 9.35. The number of halogens is 2. The Kier molecular flexibility index (Phi) is 7.25. The lowest BCUT2D eigenvalue weighted by Gasteiger charge is -2.24. The molecule has 2 aromatic rings. The number of benzene rings is 2. The van der Waals surface area contributed by atoms with Crippen molar-refractivity contribution in [2.24, 2.45) is 0 Å². The molecule has 1 aliphatic heterocycles. The first kappa shape index (κ1) is 20.6. The molecule has 0 bridgehead atoms. The van der Waals surface area contributed by atoms with Crippen molar-refractivity contribution in [2.75, 3.05) is 39.3 Å². The van der Waals surface area contributed by atoms with E-state index in [1.807, 2.05) is 12.1 Å². The summed E-state index contributed by atoms with van der Waals surface area (Å²) in [6.45, 7) is 3.27. The van der Waals surface area contributed by atoms with Gasteiger partial charge in [0.2, 0.25) is 0 Å². The molecule has 0 spiro atoms. The number of hydrogen-bond acceptors (Lipinski definition) is 4. The number of nitrogens with zero attached hydrogens (tertiary/aromatic N) is 2. The first-order chi connectivity index (χ1) is 13.5. The summed E-state index contributed by atoms with van der Waals surface area (Å²) in [4.78, 5) is 16.5. The molecule has 1 amide bonds. The Labute approximate surface area is 169 Å². The van der Waals surface area contributed by atoms with Gasteiger partial charge in [-0.15, -0.1) is 0 Å². The second kappa shape index (κ2) is 9.87. The summed E-state index contributed by atoms with van der Waals surface area (Å²) in [7, 11) is 0. The third kappa shape index (κ3) is 5.67. The Morgan fingerprint density at radius 3 is 2.61 bits per heavy atom. The number of amides is 1. The molecular formula is C21H24ClFN2O3. The molecule has 0 saturated carbocycles. The second-order valence-corrected chi connectivity index (χ2v) is 7.26. The highest BCUT2D eigenvalue weighted by molar-refractivity contribution is 6.32. The van der Waals surface area contributed by atoms with Crippen LogP contribution in [0.3, 0.4) is 0 Å². The number of hydrogen-bond donors (Lipinski definition) is 1. The molecule has 1 heterocycles. The van der Waals surface area contributed by atoms with Crippen LogP contribution in [0.1, 0.15) is 16.8 Å². The van der Waals surface area contributed by atoms with Crippen LogP contribution in [0.15, 0.2) is 48.5 Å². The van der Waals surface area contributed by atoms with Crippen LogP contribution in [0.2, 0.25) is 5.02 Å². The van der Waals surface area contributed by atoms with Crippen molar-refractivity contribution in [1.82, 2.24) is 9.80 Å². The number of β-amino-alcohol motifs (C(OH)–C–C–N with tert-alkyl or cyclic N) is 1. The van der Waals surface area contributed by atoms with Crippen LogP contribution in [0, 0.1) is 5.82 Å². The van der Waals surface area contributed by atoms with E-state index in [9.17, 15) is 14.3 Å². The number of aliphatic hydroxyl groups excluding tert-OH is 1. The minimum Gasteiger partial charge on any atom is -0.489 e. The van der Waals surface area contributed by atoms with E-state index in [0.717, 1.165) is 13.0 Å². The van der Waals surface area contributed by atoms with Crippen LogP contribution in [0.5, 0.6) is 5.75 Å². The molecule has 3 rings (SSSR count). The SMILES string of the molecule is O=C(c1ccc(F)cc1)N1CCCN(CC(O)COc2ccccc2Cl)CC1. The van der Waals surface area contributed by atoms with Crippen molar-refractivity contribution in [3.63, 3.8) is 0 Å². The zero-order chi connectivity index (χ0) is 19.9. The molecule has 0 radical (unpaired) electrons. The van der Waals surface area contributed by atoms with Crippen LogP contribution in [-0.4, -0.2) is 66.2 Å². The lowest BCUT2D eigenvalue weighted by atomic mass is 10.2. The van der Waals surface area contributed by atoms with E-state index >= 15 is 0 Å². The van der Waals surface area contributed by atoms with Gasteiger partial charge in [-0.25, -0.2) is 4.39 Å². The van der Waals surface area contributed by atoms with E-state index in [0.29, 0.717) is 42.5 Å². The normalized spacial score (nSPS) is 16.5. The Bertz CT molecular complexity index is 787. The van der Waals surface area contributed by atoms with Gasteiger partial charge in [0.1, 0.15) is 24.3 Å². The molecule has 1 N–H and O–H groups in total. The van der Waals surface area contributed by atoms with E-state index < -0.39 is 6.10 Å². The van der Waals surface area contributed by atoms with Gasteiger partial charge in [-0.05, 0) is 49.4 Å². The standard InChI is InChI=1S/C21H24ClFN2O3/c22-19-4-1-2-5-20(19)28-15-18(26)14-24-10-3-11-25(13-12-24)21(27)16-6-8-17(23)9-7-16/h1-2,4-9,18,26H,3,10-15H2. The minimum atomic E-state index is -0.657. The fraction of sp³-hybridized carbons (Fsp3) is 0.381. The van der Waals surface area contributed by atoms with Gasteiger partial charge in [0, 0.05) is 31.7 Å². The summed E-state index contributed by atoms with van der Waals surface area (Å²) in [6, 6.07) is 12.8. The molecule has 1 saturated heterocycles. The van der Waals surface area contributed by atoms with Gasteiger partial charge in [0.25, 0.3) is 5.91 Å². The molecular weight excluding hydrogens is 383 g/mol. The molecule has 7 heteroatoms. The molecule has 0 aliphatic carbocycles. The summed E-state index contributed by atoms with van der Waals surface area (Å²) in [6.07, 6.45) is 0.154. The lowest BCUT2D eigenvalue weighted by molar-refractivity contribution is 0.0670. The average Bonchev–Trinajstić information content (AvgIpc) is 2.93. The molecule has 28 heavy (non-hydrogen) atoms. The average molecular weight is 407 g/mol. The topological polar surface area (TPSA) is 53.0 Å². The van der Waals surface area contributed by atoms with Crippen LogP contribution in [0.4, 0.5) is 4.39 Å². The summed E-state index contributed by atoms with van der Waals surface area (Å²) < 4.78 is 18.6. The van der Waals surface area contributed by atoms with Gasteiger partial charge in [-0.1, -0.05) is 23.7 Å². The minimum absolute atomic E-state index is 0.0931. The molecule has 1 fully saturated rings. The fourth-order valence-corrected chi connectivity index (χ4v) is 3.42. The molecule has 150 valence electrons. The van der Waals surface area contributed by atoms with Crippen LogP contribution >= 0.6 is 11.6 Å². The second-order valence-electron chi connectivity index (χ2n) is 6.85. The van der Waals surface area contributed by atoms with Gasteiger partial charge >= 0.3 is 0 Å². The van der Waals surface area contributed by atoms with Crippen LogP contribution in [0.25, 0.3) is 0 Å². The Balaban J connectivity index is 1.47. The highest BCUT2D eigenvalue weighted by Gasteiger charge is 2.22. The number of para-hydroxylation sites is 1. The third-order valence-electron chi connectivity index (χ3n) is 4.70. The van der Waals surface area contributed by atoms with E-state index in [1.54, 1.807) is 17.0 Å². The highest BCUT2D eigenvalue weighted by Crippen LogP contribution is 2.23. The molecule has 0 aromatic heterocycles.